The van der Waals surface area contributed by atoms with Gasteiger partial charge in [-0.15, -0.1) is 11.3 Å². The van der Waals surface area contributed by atoms with Gasteiger partial charge in [-0.3, -0.25) is 0 Å². The zero-order valence-corrected chi connectivity index (χ0v) is 18.2. The van der Waals surface area contributed by atoms with Crippen molar-refractivity contribution in [3.05, 3.63) is 70.7 Å². The van der Waals surface area contributed by atoms with Gasteiger partial charge in [0.1, 0.15) is 5.75 Å². The molecule has 0 atom stereocenters. The van der Waals surface area contributed by atoms with Crippen LogP contribution in [0, 0.1) is 0 Å². The summed E-state index contributed by atoms with van der Waals surface area (Å²) in [6.07, 6.45) is 0. The van der Waals surface area contributed by atoms with Gasteiger partial charge in [0.25, 0.3) is 0 Å². The van der Waals surface area contributed by atoms with Crippen molar-refractivity contribution < 1.29 is 19.4 Å². The highest BCUT2D eigenvalue weighted by atomic mass is 32.1. The van der Waals surface area contributed by atoms with Crippen molar-refractivity contribution in [2.75, 3.05) is 43.2 Å². The molecule has 7 nitrogen and oxygen atoms in total. The zero-order valence-electron chi connectivity index (χ0n) is 17.4. The van der Waals surface area contributed by atoms with Gasteiger partial charge in [0, 0.05) is 37.2 Å². The summed E-state index contributed by atoms with van der Waals surface area (Å²) in [5.74, 6) is -0.226. The van der Waals surface area contributed by atoms with Crippen LogP contribution in [0.4, 0.5) is 10.8 Å². The molecule has 2 heterocycles. The molecule has 3 aromatic rings. The SMILES string of the molecule is COc1cccc(CN(Cc2ccc(N3CCOCC3)cc2)c2nc(C(=O)O)cs2)c1. The van der Waals surface area contributed by atoms with E-state index in [0.29, 0.717) is 18.2 Å². The summed E-state index contributed by atoms with van der Waals surface area (Å²) in [6.45, 7) is 4.52. The highest BCUT2D eigenvalue weighted by Gasteiger charge is 2.17. The van der Waals surface area contributed by atoms with Crippen LogP contribution in [-0.4, -0.2) is 49.5 Å². The summed E-state index contributed by atoms with van der Waals surface area (Å²) in [4.78, 5) is 20.1. The fourth-order valence-corrected chi connectivity index (χ4v) is 4.34. The summed E-state index contributed by atoms with van der Waals surface area (Å²) < 4.78 is 10.8. The summed E-state index contributed by atoms with van der Waals surface area (Å²) in [5.41, 5.74) is 3.45. The Hall–Kier alpha value is -3.10. The van der Waals surface area contributed by atoms with E-state index in [9.17, 15) is 9.90 Å². The first-order valence-electron chi connectivity index (χ1n) is 10.1. The second-order valence-corrected chi connectivity index (χ2v) is 8.13. The Labute approximate surface area is 185 Å². The quantitative estimate of drug-likeness (QED) is 0.571. The van der Waals surface area contributed by atoms with Crippen LogP contribution >= 0.6 is 11.3 Å². The molecule has 4 rings (SSSR count). The van der Waals surface area contributed by atoms with Crippen molar-refractivity contribution in [1.82, 2.24) is 4.98 Å². The molecule has 1 fully saturated rings. The number of benzene rings is 2. The first kappa shape index (κ1) is 21.1. The van der Waals surface area contributed by atoms with Crippen LogP contribution in [0.1, 0.15) is 21.6 Å². The van der Waals surface area contributed by atoms with Gasteiger partial charge < -0.3 is 24.4 Å². The Morgan fingerprint density at radius 2 is 1.90 bits per heavy atom. The molecule has 0 radical (unpaired) electrons. The van der Waals surface area contributed by atoms with E-state index in [-0.39, 0.29) is 5.69 Å². The molecular formula is C23H25N3O4S. The van der Waals surface area contributed by atoms with Gasteiger partial charge in [0.15, 0.2) is 10.8 Å². The lowest BCUT2D eigenvalue weighted by atomic mass is 10.1. The summed E-state index contributed by atoms with van der Waals surface area (Å²) in [5, 5.41) is 11.5. The Morgan fingerprint density at radius 3 is 2.58 bits per heavy atom. The van der Waals surface area contributed by atoms with Gasteiger partial charge in [-0.1, -0.05) is 24.3 Å². The molecule has 2 aromatic carbocycles. The third-order valence-corrected chi connectivity index (χ3v) is 6.08. The van der Waals surface area contributed by atoms with Gasteiger partial charge in [0.2, 0.25) is 0 Å². The number of aromatic carboxylic acids is 1. The number of methoxy groups -OCH3 is 1. The molecule has 0 amide bonds. The number of carbonyl (C=O) groups is 1. The van der Waals surface area contributed by atoms with Crippen molar-refractivity contribution in [3.63, 3.8) is 0 Å². The molecule has 0 saturated carbocycles. The Bertz CT molecular complexity index is 1020. The molecule has 1 aliphatic heterocycles. The molecule has 1 aromatic heterocycles. The van der Waals surface area contributed by atoms with Crippen molar-refractivity contribution in [3.8, 4) is 5.75 Å². The van der Waals surface area contributed by atoms with Crippen LogP contribution in [0.25, 0.3) is 0 Å². The Balaban J connectivity index is 1.55. The van der Waals surface area contributed by atoms with Crippen molar-refractivity contribution in [1.29, 1.82) is 0 Å². The summed E-state index contributed by atoms with van der Waals surface area (Å²) in [7, 11) is 1.65. The van der Waals surface area contributed by atoms with Crippen LogP contribution < -0.4 is 14.5 Å². The molecule has 0 spiro atoms. The maximum absolute atomic E-state index is 11.3. The lowest BCUT2D eigenvalue weighted by Crippen LogP contribution is -2.36. The van der Waals surface area contributed by atoms with Gasteiger partial charge >= 0.3 is 5.97 Å². The Morgan fingerprint density at radius 1 is 1.16 bits per heavy atom. The summed E-state index contributed by atoms with van der Waals surface area (Å²) >= 11 is 1.34. The molecule has 1 N–H and O–H groups in total. The van der Waals surface area contributed by atoms with Gasteiger partial charge in [-0.2, -0.15) is 0 Å². The van der Waals surface area contributed by atoms with E-state index in [4.69, 9.17) is 9.47 Å². The van der Waals surface area contributed by atoms with Crippen LogP contribution in [0.3, 0.4) is 0 Å². The lowest BCUT2D eigenvalue weighted by Gasteiger charge is -2.29. The number of hydrogen-bond donors (Lipinski definition) is 1. The largest absolute Gasteiger partial charge is 0.497 e. The topological polar surface area (TPSA) is 75.1 Å². The van der Waals surface area contributed by atoms with E-state index in [2.05, 4.69) is 39.0 Å². The second kappa shape index (κ2) is 9.80. The lowest BCUT2D eigenvalue weighted by molar-refractivity contribution is 0.0691. The van der Waals surface area contributed by atoms with Gasteiger partial charge in [-0.25, -0.2) is 9.78 Å². The zero-order chi connectivity index (χ0) is 21.6. The van der Waals surface area contributed by atoms with Gasteiger partial charge in [0.05, 0.1) is 20.3 Å². The molecule has 0 bridgehead atoms. The average Bonchev–Trinajstić information content (AvgIpc) is 3.31. The number of carboxylic acids is 1. The number of ether oxygens (including phenoxy) is 2. The number of carboxylic acid groups (broad SMARTS) is 1. The number of morpholine rings is 1. The molecule has 1 saturated heterocycles. The van der Waals surface area contributed by atoms with E-state index >= 15 is 0 Å². The predicted octanol–water partition coefficient (Wildman–Crippen LogP) is 3.89. The molecule has 31 heavy (non-hydrogen) atoms. The van der Waals surface area contributed by atoms with Gasteiger partial charge in [-0.05, 0) is 35.4 Å². The molecular weight excluding hydrogens is 414 g/mol. The van der Waals surface area contributed by atoms with E-state index in [1.54, 1.807) is 12.5 Å². The fourth-order valence-electron chi connectivity index (χ4n) is 3.54. The van der Waals surface area contributed by atoms with E-state index in [1.165, 1.54) is 17.0 Å². The Kier molecular flexibility index (Phi) is 6.69. The van der Waals surface area contributed by atoms with E-state index < -0.39 is 5.97 Å². The van der Waals surface area contributed by atoms with E-state index in [0.717, 1.165) is 43.2 Å². The standard InChI is InChI=1S/C23H25N3O4S/c1-29-20-4-2-3-18(13-20)15-26(23-24-21(16-31-23)22(27)28)14-17-5-7-19(8-6-17)25-9-11-30-12-10-25/h2-8,13,16H,9-12,14-15H2,1H3,(H,27,28). The maximum Gasteiger partial charge on any atom is 0.355 e. The first-order chi connectivity index (χ1) is 15.1. The monoisotopic (exact) mass is 439 g/mol. The first-order valence-corrected chi connectivity index (χ1v) is 11.0. The van der Waals surface area contributed by atoms with Crippen molar-refractivity contribution >= 4 is 28.1 Å². The van der Waals surface area contributed by atoms with Crippen molar-refractivity contribution in [2.45, 2.75) is 13.1 Å². The average molecular weight is 440 g/mol. The minimum absolute atomic E-state index is 0.0679. The van der Waals surface area contributed by atoms with Crippen LogP contribution in [-0.2, 0) is 17.8 Å². The third-order valence-electron chi connectivity index (χ3n) is 5.18. The number of rotatable bonds is 8. The molecule has 1 aliphatic rings. The maximum atomic E-state index is 11.3. The molecule has 0 aliphatic carbocycles. The normalized spacial score (nSPS) is 13.8. The third kappa shape index (κ3) is 5.34. The fraction of sp³-hybridized carbons (Fsp3) is 0.304. The predicted molar refractivity (Wildman–Crippen MR) is 121 cm³/mol. The highest BCUT2D eigenvalue weighted by Crippen LogP contribution is 2.26. The minimum atomic E-state index is -1.02. The summed E-state index contributed by atoms with van der Waals surface area (Å²) in [6, 6.07) is 16.4. The minimum Gasteiger partial charge on any atom is -0.497 e. The number of hydrogen-bond acceptors (Lipinski definition) is 7. The number of thiazole rings is 1. The molecule has 0 unspecified atom stereocenters. The number of anilines is 2. The smallest absolute Gasteiger partial charge is 0.355 e. The van der Waals surface area contributed by atoms with Crippen LogP contribution in [0.5, 0.6) is 5.75 Å². The van der Waals surface area contributed by atoms with E-state index in [1.807, 2.05) is 24.3 Å². The van der Waals surface area contributed by atoms with Crippen LogP contribution in [0.15, 0.2) is 53.9 Å². The van der Waals surface area contributed by atoms with Crippen LogP contribution in [0.2, 0.25) is 0 Å². The second-order valence-electron chi connectivity index (χ2n) is 7.29. The molecule has 8 heteroatoms. The highest BCUT2D eigenvalue weighted by molar-refractivity contribution is 7.13. The van der Waals surface area contributed by atoms with Crippen molar-refractivity contribution in [2.24, 2.45) is 0 Å². The number of nitrogens with zero attached hydrogens (tertiary/aromatic N) is 3. The molecule has 162 valence electrons. The number of aromatic nitrogens is 1.